The van der Waals surface area contributed by atoms with Crippen molar-refractivity contribution in [1.82, 2.24) is 9.21 Å². The van der Waals surface area contributed by atoms with Crippen molar-refractivity contribution < 1.29 is 13.2 Å². The van der Waals surface area contributed by atoms with Gasteiger partial charge in [-0.2, -0.15) is 4.31 Å². The molecule has 0 bridgehead atoms. The van der Waals surface area contributed by atoms with E-state index in [-0.39, 0.29) is 34.2 Å². The average molecular weight is 404 g/mol. The summed E-state index contributed by atoms with van der Waals surface area (Å²) in [6, 6.07) is 6.48. The smallest absolute Gasteiger partial charge is 0.254 e. The summed E-state index contributed by atoms with van der Waals surface area (Å²) in [5.41, 5.74) is 5.74. The highest BCUT2D eigenvalue weighted by Crippen LogP contribution is 2.25. The maximum atomic E-state index is 13.0. The minimum absolute atomic E-state index is 0. The van der Waals surface area contributed by atoms with Crippen LogP contribution in [-0.4, -0.2) is 56.8 Å². The van der Waals surface area contributed by atoms with E-state index < -0.39 is 10.0 Å². The number of piperidine rings is 1. The molecule has 2 N–H and O–H groups in total. The average Bonchev–Trinajstić information content (AvgIpc) is 2.61. The number of hydrogen-bond acceptors (Lipinski definition) is 4. The summed E-state index contributed by atoms with van der Waals surface area (Å²) in [6.45, 7) is 5.89. The normalized spacial score (nSPS) is 16.0. The van der Waals surface area contributed by atoms with Gasteiger partial charge in [-0.15, -0.1) is 12.4 Å². The van der Waals surface area contributed by atoms with E-state index >= 15 is 0 Å². The Morgan fingerprint density at radius 1 is 1.19 bits per heavy atom. The van der Waals surface area contributed by atoms with Crippen LogP contribution in [-0.2, 0) is 10.0 Å². The van der Waals surface area contributed by atoms with Crippen molar-refractivity contribution in [3.63, 3.8) is 0 Å². The molecule has 2 rings (SSSR count). The maximum absolute atomic E-state index is 13.0. The van der Waals surface area contributed by atoms with Crippen molar-refractivity contribution in [1.29, 1.82) is 0 Å². The summed E-state index contributed by atoms with van der Waals surface area (Å²) in [4.78, 5) is 14.5. The van der Waals surface area contributed by atoms with E-state index in [1.807, 2.05) is 13.8 Å². The van der Waals surface area contributed by atoms with Gasteiger partial charge in [0.15, 0.2) is 0 Å². The molecule has 1 aromatic carbocycles. The van der Waals surface area contributed by atoms with Gasteiger partial charge in [0, 0.05) is 26.7 Å². The molecular weight excluding hydrogens is 374 g/mol. The van der Waals surface area contributed by atoms with Crippen molar-refractivity contribution >= 4 is 28.3 Å². The molecule has 0 radical (unpaired) electrons. The van der Waals surface area contributed by atoms with Crippen molar-refractivity contribution in [3.05, 3.63) is 29.8 Å². The first-order valence-corrected chi connectivity index (χ1v) is 10.2. The van der Waals surface area contributed by atoms with E-state index in [1.54, 1.807) is 30.1 Å². The third-order valence-corrected chi connectivity index (χ3v) is 6.57. The van der Waals surface area contributed by atoms with Crippen LogP contribution in [0.15, 0.2) is 29.2 Å². The molecular formula is C18H30ClN3O3S. The topological polar surface area (TPSA) is 83.7 Å². The minimum atomic E-state index is -3.66. The number of rotatable bonds is 6. The first kappa shape index (κ1) is 22.9. The van der Waals surface area contributed by atoms with Gasteiger partial charge in [-0.25, -0.2) is 8.42 Å². The summed E-state index contributed by atoms with van der Waals surface area (Å²) in [5.74, 6) is -0.294. The fourth-order valence-corrected chi connectivity index (χ4v) is 4.80. The number of nitrogens with two attached hydrogens (primary N) is 1. The van der Waals surface area contributed by atoms with Gasteiger partial charge < -0.3 is 10.6 Å². The summed E-state index contributed by atoms with van der Waals surface area (Å²) in [6.07, 6.45) is 2.77. The van der Waals surface area contributed by atoms with Crippen LogP contribution in [0.2, 0.25) is 0 Å². The molecule has 148 valence electrons. The fraction of sp³-hybridized carbons (Fsp3) is 0.611. The van der Waals surface area contributed by atoms with Crippen LogP contribution >= 0.6 is 12.4 Å². The Kier molecular flexibility index (Phi) is 8.07. The molecule has 1 amide bonds. The minimum Gasteiger partial charge on any atom is -0.341 e. The van der Waals surface area contributed by atoms with Gasteiger partial charge in [0.05, 0.1) is 10.5 Å². The van der Waals surface area contributed by atoms with E-state index in [1.165, 1.54) is 10.4 Å². The van der Waals surface area contributed by atoms with Crippen LogP contribution in [0.5, 0.6) is 0 Å². The predicted molar refractivity (Wildman–Crippen MR) is 106 cm³/mol. The SMILES string of the molecule is CN(CC(C)(C)CN)C(=O)c1ccccc1S(=O)(=O)N1CCCCC1.Cl. The zero-order valence-electron chi connectivity index (χ0n) is 15.8. The summed E-state index contributed by atoms with van der Waals surface area (Å²) in [5, 5.41) is 0. The summed E-state index contributed by atoms with van der Waals surface area (Å²) in [7, 11) is -1.97. The number of carbonyl (C=O) groups is 1. The van der Waals surface area contributed by atoms with Crippen LogP contribution in [0.1, 0.15) is 43.5 Å². The van der Waals surface area contributed by atoms with E-state index in [2.05, 4.69) is 0 Å². The molecule has 0 aliphatic carbocycles. The molecule has 1 aliphatic rings. The number of amides is 1. The third-order valence-electron chi connectivity index (χ3n) is 4.61. The van der Waals surface area contributed by atoms with E-state index in [0.717, 1.165) is 19.3 Å². The molecule has 1 heterocycles. The molecule has 0 aromatic heterocycles. The Bertz CT molecular complexity index is 716. The van der Waals surface area contributed by atoms with Gasteiger partial charge in [0.25, 0.3) is 5.91 Å². The quantitative estimate of drug-likeness (QED) is 0.790. The van der Waals surface area contributed by atoms with Crippen LogP contribution < -0.4 is 5.73 Å². The van der Waals surface area contributed by atoms with Gasteiger partial charge in [-0.3, -0.25) is 4.79 Å². The number of nitrogens with zero attached hydrogens (tertiary/aromatic N) is 2. The molecule has 0 spiro atoms. The lowest BCUT2D eigenvalue weighted by atomic mass is 9.93. The summed E-state index contributed by atoms with van der Waals surface area (Å²) >= 11 is 0. The molecule has 0 unspecified atom stereocenters. The zero-order chi connectivity index (χ0) is 18.7. The predicted octanol–water partition coefficient (Wildman–Crippen LogP) is 2.34. The molecule has 1 aliphatic heterocycles. The Labute approximate surface area is 163 Å². The maximum Gasteiger partial charge on any atom is 0.254 e. The fourth-order valence-electron chi connectivity index (χ4n) is 3.10. The standard InChI is InChI=1S/C18H29N3O3S.ClH/c1-18(2,13-19)14-20(3)17(22)15-9-5-6-10-16(15)25(23,24)21-11-7-4-8-12-21;/h5-6,9-10H,4,7-8,11-14,19H2,1-3H3;1H. The number of benzene rings is 1. The lowest BCUT2D eigenvalue weighted by molar-refractivity contribution is 0.0736. The van der Waals surface area contributed by atoms with E-state index in [9.17, 15) is 13.2 Å². The third kappa shape index (κ3) is 5.19. The lowest BCUT2D eigenvalue weighted by Gasteiger charge is -2.30. The van der Waals surface area contributed by atoms with E-state index in [4.69, 9.17) is 5.73 Å². The molecule has 0 atom stereocenters. The molecule has 1 fully saturated rings. The number of hydrogen-bond donors (Lipinski definition) is 1. The van der Waals surface area contributed by atoms with Gasteiger partial charge in [0.2, 0.25) is 10.0 Å². The monoisotopic (exact) mass is 403 g/mol. The van der Waals surface area contributed by atoms with Crippen molar-refractivity contribution in [3.8, 4) is 0 Å². The van der Waals surface area contributed by atoms with Crippen LogP contribution in [0.3, 0.4) is 0 Å². The zero-order valence-corrected chi connectivity index (χ0v) is 17.4. The summed E-state index contributed by atoms with van der Waals surface area (Å²) < 4.78 is 27.5. The highest BCUT2D eigenvalue weighted by Gasteiger charge is 2.31. The van der Waals surface area contributed by atoms with Crippen LogP contribution in [0, 0.1) is 5.41 Å². The number of sulfonamides is 1. The lowest BCUT2D eigenvalue weighted by Crippen LogP contribution is -2.41. The van der Waals surface area contributed by atoms with Gasteiger partial charge in [-0.05, 0) is 36.9 Å². The highest BCUT2D eigenvalue weighted by atomic mass is 35.5. The second-order valence-corrected chi connectivity index (χ2v) is 9.40. The largest absolute Gasteiger partial charge is 0.341 e. The molecule has 26 heavy (non-hydrogen) atoms. The van der Waals surface area contributed by atoms with Crippen molar-refractivity contribution in [2.45, 2.75) is 38.0 Å². The highest BCUT2D eigenvalue weighted by molar-refractivity contribution is 7.89. The van der Waals surface area contributed by atoms with Crippen LogP contribution in [0.4, 0.5) is 0 Å². The van der Waals surface area contributed by atoms with Crippen molar-refractivity contribution in [2.75, 3.05) is 33.2 Å². The molecule has 8 heteroatoms. The second-order valence-electron chi connectivity index (χ2n) is 7.49. The van der Waals surface area contributed by atoms with Gasteiger partial charge in [0.1, 0.15) is 0 Å². The number of halogens is 1. The Morgan fingerprint density at radius 3 is 2.35 bits per heavy atom. The van der Waals surface area contributed by atoms with Crippen molar-refractivity contribution in [2.24, 2.45) is 11.1 Å². The van der Waals surface area contributed by atoms with Gasteiger partial charge in [-0.1, -0.05) is 32.4 Å². The van der Waals surface area contributed by atoms with Gasteiger partial charge >= 0.3 is 0 Å². The first-order valence-electron chi connectivity index (χ1n) is 8.74. The van der Waals surface area contributed by atoms with Crippen LogP contribution in [0.25, 0.3) is 0 Å². The first-order chi connectivity index (χ1) is 11.7. The Balaban J connectivity index is 0.00000338. The molecule has 6 nitrogen and oxygen atoms in total. The second kappa shape index (κ2) is 9.17. The van der Waals surface area contributed by atoms with E-state index in [0.29, 0.717) is 26.2 Å². The Hall–Kier alpha value is -1.15. The molecule has 0 saturated carbocycles. The number of carbonyl (C=O) groups excluding carboxylic acids is 1. The Morgan fingerprint density at radius 2 is 1.77 bits per heavy atom. The molecule has 1 saturated heterocycles. The molecule has 1 aromatic rings.